The highest BCUT2D eigenvalue weighted by molar-refractivity contribution is 5.87. The standard InChI is InChI=1S/C29H45FO4/c1-19(2)28(31)33-17-5-6-21-7-9-22(10-8-21)24-13-16-26(27(30)18-24)23-11-14-25(15-12-23)34-29(32)20(3)4/h21-27H,1,3,5-18H2,2,4H3. The minimum Gasteiger partial charge on any atom is -0.462 e. The van der Waals surface area contributed by atoms with E-state index in [4.69, 9.17) is 9.47 Å². The second-order valence-corrected chi connectivity index (χ2v) is 11.3. The SMILES string of the molecule is C=C(C)C(=O)OCCCC1CCC(C2CCC(C3CCC(OC(=O)C(=C)C)CC3)C(F)C2)CC1. The van der Waals surface area contributed by atoms with Gasteiger partial charge in [-0.25, -0.2) is 14.0 Å². The second-order valence-electron chi connectivity index (χ2n) is 11.3. The van der Waals surface area contributed by atoms with E-state index in [0.717, 1.165) is 51.4 Å². The van der Waals surface area contributed by atoms with Gasteiger partial charge in [0.15, 0.2) is 0 Å². The molecule has 0 aromatic heterocycles. The van der Waals surface area contributed by atoms with Gasteiger partial charge in [-0.2, -0.15) is 0 Å². The molecule has 0 aromatic rings. The Kier molecular flexibility index (Phi) is 10.2. The van der Waals surface area contributed by atoms with Crippen LogP contribution in [0.2, 0.25) is 0 Å². The van der Waals surface area contributed by atoms with Crippen molar-refractivity contribution in [1.29, 1.82) is 0 Å². The van der Waals surface area contributed by atoms with E-state index in [0.29, 0.717) is 41.4 Å². The van der Waals surface area contributed by atoms with Crippen molar-refractivity contribution in [2.24, 2.45) is 29.6 Å². The third-order valence-electron chi connectivity index (χ3n) is 8.71. The lowest BCUT2D eigenvalue weighted by Crippen LogP contribution is -2.37. The molecule has 0 bridgehead atoms. The monoisotopic (exact) mass is 476 g/mol. The molecule has 0 saturated heterocycles. The van der Waals surface area contributed by atoms with Crippen LogP contribution in [0.4, 0.5) is 4.39 Å². The highest BCUT2D eigenvalue weighted by Gasteiger charge is 2.40. The zero-order valence-corrected chi connectivity index (χ0v) is 21.4. The van der Waals surface area contributed by atoms with Crippen LogP contribution in [0.15, 0.2) is 24.3 Å². The number of hydrogen-bond donors (Lipinski definition) is 0. The Hall–Kier alpha value is -1.65. The summed E-state index contributed by atoms with van der Waals surface area (Å²) in [6, 6.07) is 0. The topological polar surface area (TPSA) is 52.6 Å². The van der Waals surface area contributed by atoms with Gasteiger partial charge in [-0.3, -0.25) is 0 Å². The van der Waals surface area contributed by atoms with Gasteiger partial charge < -0.3 is 9.47 Å². The summed E-state index contributed by atoms with van der Waals surface area (Å²) in [5.41, 5.74) is 0.903. The van der Waals surface area contributed by atoms with Crippen molar-refractivity contribution >= 4 is 11.9 Å². The molecule has 0 N–H and O–H groups in total. The summed E-state index contributed by atoms with van der Waals surface area (Å²) in [7, 11) is 0. The summed E-state index contributed by atoms with van der Waals surface area (Å²) < 4.78 is 26.0. The first kappa shape index (κ1) is 26.9. The van der Waals surface area contributed by atoms with Gasteiger partial charge in [0.05, 0.1) is 6.61 Å². The zero-order chi connectivity index (χ0) is 24.7. The number of carbonyl (C=O) groups excluding carboxylic acids is 2. The minimum absolute atomic E-state index is 0.0248. The summed E-state index contributed by atoms with van der Waals surface area (Å²) in [5, 5.41) is 0. The maximum absolute atomic E-state index is 15.3. The summed E-state index contributed by atoms with van der Waals surface area (Å²) in [6.07, 6.45) is 12.8. The van der Waals surface area contributed by atoms with Gasteiger partial charge >= 0.3 is 11.9 Å². The Morgan fingerprint density at radius 1 is 0.794 bits per heavy atom. The smallest absolute Gasteiger partial charge is 0.333 e. The number of carbonyl (C=O) groups is 2. The van der Waals surface area contributed by atoms with Gasteiger partial charge in [0, 0.05) is 11.1 Å². The number of hydrogen-bond acceptors (Lipinski definition) is 4. The first-order valence-corrected chi connectivity index (χ1v) is 13.6. The van der Waals surface area contributed by atoms with Crippen LogP contribution in [0.5, 0.6) is 0 Å². The van der Waals surface area contributed by atoms with Crippen LogP contribution in [0.1, 0.15) is 97.3 Å². The number of alkyl halides is 1. The van der Waals surface area contributed by atoms with E-state index in [9.17, 15) is 9.59 Å². The Morgan fingerprint density at radius 2 is 1.38 bits per heavy atom. The molecule has 0 heterocycles. The predicted molar refractivity (Wildman–Crippen MR) is 133 cm³/mol. The number of rotatable bonds is 9. The summed E-state index contributed by atoms with van der Waals surface area (Å²) in [6.45, 7) is 11.1. The normalized spacial score (nSPS) is 34.1. The Bertz CT molecular complexity index is 716. The molecule has 3 rings (SSSR count). The molecule has 192 valence electrons. The highest BCUT2D eigenvalue weighted by Crippen LogP contribution is 2.47. The van der Waals surface area contributed by atoms with Crippen molar-refractivity contribution in [3.8, 4) is 0 Å². The molecule has 3 saturated carbocycles. The fourth-order valence-electron chi connectivity index (χ4n) is 6.62. The van der Waals surface area contributed by atoms with E-state index in [-0.39, 0.29) is 24.0 Å². The molecule has 5 heteroatoms. The van der Waals surface area contributed by atoms with Gasteiger partial charge in [-0.15, -0.1) is 0 Å². The number of esters is 2. The predicted octanol–water partition coefficient (Wildman–Crippen LogP) is 7.12. The van der Waals surface area contributed by atoms with Gasteiger partial charge in [0.2, 0.25) is 0 Å². The molecule has 0 aliphatic heterocycles. The first-order valence-electron chi connectivity index (χ1n) is 13.6. The van der Waals surface area contributed by atoms with Crippen LogP contribution in [0.25, 0.3) is 0 Å². The van der Waals surface area contributed by atoms with Gasteiger partial charge in [0.1, 0.15) is 12.3 Å². The van der Waals surface area contributed by atoms with Crippen LogP contribution in [0, 0.1) is 29.6 Å². The average Bonchev–Trinajstić information content (AvgIpc) is 2.82. The summed E-state index contributed by atoms with van der Waals surface area (Å²) in [5.74, 6) is 1.96. The lowest BCUT2D eigenvalue weighted by molar-refractivity contribution is -0.146. The number of ether oxygens (including phenoxy) is 2. The lowest BCUT2D eigenvalue weighted by Gasteiger charge is -2.43. The molecule has 3 fully saturated rings. The van der Waals surface area contributed by atoms with E-state index < -0.39 is 6.17 Å². The van der Waals surface area contributed by atoms with Crippen LogP contribution in [-0.4, -0.2) is 30.8 Å². The molecular formula is C29H45FO4. The molecule has 0 aromatic carbocycles. The van der Waals surface area contributed by atoms with Crippen molar-refractivity contribution in [2.75, 3.05) is 6.61 Å². The first-order chi connectivity index (χ1) is 16.2. The molecule has 0 radical (unpaired) electrons. The molecule has 0 spiro atoms. The fourth-order valence-corrected chi connectivity index (χ4v) is 6.62. The minimum atomic E-state index is -0.681. The van der Waals surface area contributed by atoms with Crippen molar-refractivity contribution in [2.45, 2.75) is 110 Å². The number of halogens is 1. The Labute approximate surface area is 205 Å². The lowest BCUT2D eigenvalue weighted by atomic mass is 9.64. The quantitative estimate of drug-likeness (QED) is 0.202. The molecule has 3 aliphatic carbocycles. The van der Waals surface area contributed by atoms with E-state index in [1.54, 1.807) is 13.8 Å². The van der Waals surface area contributed by atoms with Crippen molar-refractivity contribution < 1.29 is 23.5 Å². The highest BCUT2D eigenvalue weighted by atomic mass is 19.1. The summed E-state index contributed by atoms with van der Waals surface area (Å²) >= 11 is 0. The molecule has 3 unspecified atom stereocenters. The average molecular weight is 477 g/mol. The van der Waals surface area contributed by atoms with Crippen molar-refractivity contribution in [3.63, 3.8) is 0 Å². The van der Waals surface area contributed by atoms with E-state index in [2.05, 4.69) is 13.2 Å². The molecular weight excluding hydrogens is 431 g/mol. The largest absolute Gasteiger partial charge is 0.462 e. The third kappa shape index (κ3) is 7.68. The Morgan fingerprint density at radius 3 is 1.97 bits per heavy atom. The maximum Gasteiger partial charge on any atom is 0.333 e. The van der Waals surface area contributed by atoms with Crippen LogP contribution in [-0.2, 0) is 19.1 Å². The van der Waals surface area contributed by atoms with Crippen molar-refractivity contribution in [3.05, 3.63) is 24.3 Å². The van der Waals surface area contributed by atoms with Gasteiger partial charge in [-0.1, -0.05) is 26.0 Å². The molecule has 3 atom stereocenters. The molecule has 3 aliphatic rings. The maximum atomic E-state index is 15.3. The fraction of sp³-hybridized carbons (Fsp3) is 0.793. The van der Waals surface area contributed by atoms with Gasteiger partial charge in [0.25, 0.3) is 0 Å². The summed E-state index contributed by atoms with van der Waals surface area (Å²) in [4.78, 5) is 23.2. The molecule has 0 amide bonds. The zero-order valence-electron chi connectivity index (χ0n) is 21.4. The van der Waals surface area contributed by atoms with Crippen molar-refractivity contribution in [1.82, 2.24) is 0 Å². The third-order valence-corrected chi connectivity index (χ3v) is 8.71. The van der Waals surface area contributed by atoms with Crippen LogP contribution >= 0.6 is 0 Å². The van der Waals surface area contributed by atoms with Crippen LogP contribution in [0.3, 0.4) is 0 Å². The van der Waals surface area contributed by atoms with Gasteiger partial charge in [-0.05, 0) is 114 Å². The molecule has 34 heavy (non-hydrogen) atoms. The second kappa shape index (κ2) is 12.9. The van der Waals surface area contributed by atoms with E-state index in [1.807, 2.05) is 0 Å². The Balaban J connectivity index is 1.33. The molecule has 4 nitrogen and oxygen atoms in total. The van der Waals surface area contributed by atoms with E-state index >= 15 is 4.39 Å². The van der Waals surface area contributed by atoms with E-state index in [1.165, 1.54) is 32.1 Å². The van der Waals surface area contributed by atoms with Crippen LogP contribution < -0.4 is 0 Å².